The Bertz CT molecular complexity index is 850. The van der Waals surface area contributed by atoms with Gasteiger partial charge in [-0.3, -0.25) is 9.59 Å². The van der Waals surface area contributed by atoms with Gasteiger partial charge in [0.05, 0.1) is 5.56 Å². The van der Waals surface area contributed by atoms with Crippen LogP contribution in [0, 0.1) is 5.92 Å². The molecule has 2 heterocycles. The van der Waals surface area contributed by atoms with Crippen molar-refractivity contribution in [2.24, 2.45) is 11.7 Å². The van der Waals surface area contributed by atoms with E-state index in [9.17, 15) is 9.59 Å². The van der Waals surface area contributed by atoms with Crippen molar-refractivity contribution in [1.29, 1.82) is 0 Å². The standard InChI is InChI=1S/C20H22Cl2N4O2/c21-17-6-5-16(18(22)25-17)20(28)24-15-3-1-13(2-4-15)7-10-26-11-8-14(9-12-26)19(23)27/h1-6,14H,7-12H2,(H2,23,27)(H,24,28). The fourth-order valence-corrected chi connectivity index (χ4v) is 3.69. The van der Waals surface area contributed by atoms with Crippen LogP contribution >= 0.6 is 23.2 Å². The second-order valence-electron chi connectivity index (χ2n) is 6.89. The van der Waals surface area contributed by atoms with Gasteiger partial charge in [-0.15, -0.1) is 0 Å². The molecule has 2 aromatic rings. The summed E-state index contributed by atoms with van der Waals surface area (Å²) in [6.45, 7) is 2.73. The number of amides is 2. The molecule has 0 radical (unpaired) electrons. The van der Waals surface area contributed by atoms with E-state index in [0.717, 1.165) is 38.9 Å². The first-order valence-electron chi connectivity index (χ1n) is 9.16. The maximum atomic E-state index is 12.3. The van der Waals surface area contributed by atoms with Crippen LogP contribution in [-0.2, 0) is 11.2 Å². The van der Waals surface area contributed by atoms with E-state index in [1.807, 2.05) is 24.3 Å². The molecule has 148 valence electrons. The molecule has 28 heavy (non-hydrogen) atoms. The Morgan fingerprint density at radius 2 is 1.79 bits per heavy atom. The largest absolute Gasteiger partial charge is 0.369 e. The quantitative estimate of drug-likeness (QED) is 0.700. The lowest BCUT2D eigenvalue weighted by atomic mass is 9.96. The van der Waals surface area contributed by atoms with Crippen LogP contribution in [0.25, 0.3) is 0 Å². The number of nitrogens with zero attached hydrogens (tertiary/aromatic N) is 2. The highest BCUT2D eigenvalue weighted by molar-refractivity contribution is 6.35. The van der Waals surface area contributed by atoms with Crippen LogP contribution in [0.3, 0.4) is 0 Å². The molecule has 0 spiro atoms. The first-order chi connectivity index (χ1) is 13.4. The van der Waals surface area contributed by atoms with Crippen molar-refractivity contribution >= 4 is 40.7 Å². The van der Waals surface area contributed by atoms with Gasteiger partial charge in [0.25, 0.3) is 5.91 Å². The zero-order valence-electron chi connectivity index (χ0n) is 15.3. The second kappa shape index (κ2) is 9.37. The molecule has 0 atom stereocenters. The lowest BCUT2D eigenvalue weighted by molar-refractivity contribution is -0.123. The highest BCUT2D eigenvalue weighted by Gasteiger charge is 2.22. The number of hydrogen-bond donors (Lipinski definition) is 2. The van der Waals surface area contributed by atoms with Gasteiger partial charge in [0.1, 0.15) is 10.3 Å². The van der Waals surface area contributed by atoms with E-state index in [0.29, 0.717) is 5.69 Å². The van der Waals surface area contributed by atoms with E-state index in [2.05, 4.69) is 15.2 Å². The minimum Gasteiger partial charge on any atom is -0.369 e. The topological polar surface area (TPSA) is 88.3 Å². The van der Waals surface area contributed by atoms with Gasteiger partial charge < -0.3 is 16.0 Å². The molecule has 3 N–H and O–H groups in total. The monoisotopic (exact) mass is 420 g/mol. The number of aromatic nitrogens is 1. The minimum absolute atomic E-state index is 0.0171. The van der Waals surface area contributed by atoms with E-state index in [-0.39, 0.29) is 33.6 Å². The van der Waals surface area contributed by atoms with Crippen LogP contribution in [0.4, 0.5) is 5.69 Å². The summed E-state index contributed by atoms with van der Waals surface area (Å²) in [5.74, 6) is -0.504. The van der Waals surface area contributed by atoms with Gasteiger partial charge in [-0.05, 0) is 62.2 Å². The van der Waals surface area contributed by atoms with Crippen LogP contribution in [0.2, 0.25) is 10.3 Å². The SMILES string of the molecule is NC(=O)C1CCN(CCc2ccc(NC(=O)c3ccc(Cl)nc3Cl)cc2)CC1. The molecule has 0 saturated carbocycles. The summed E-state index contributed by atoms with van der Waals surface area (Å²) in [7, 11) is 0. The number of carbonyl (C=O) groups excluding carboxylic acids is 2. The van der Waals surface area contributed by atoms with Crippen molar-refractivity contribution in [2.75, 3.05) is 25.0 Å². The van der Waals surface area contributed by atoms with Gasteiger partial charge in [-0.1, -0.05) is 35.3 Å². The predicted octanol–water partition coefficient (Wildman–Crippen LogP) is 3.38. The zero-order chi connectivity index (χ0) is 20.1. The van der Waals surface area contributed by atoms with E-state index in [1.165, 1.54) is 11.6 Å². The average Bonchev–Trinajstić information content (AvgIpc) is 2.67. The van der Waals surface area contributed by atoms with Crippen molar-refractivity contribution in [2.45, 2.75) is 19.3 Å². The van der Waals surface area contributed by atoms with Crippen molar-refractivity contribution in [3.63, 3.8) is 0 Å². The number of nitrogens with two attached hydrogens (primary N) is 1. The number of halogens is 2. The lowest BCUT2D eigenvalue weighted by Gasteiger charge is -2.30. The van der Waals surface area contributed by atoms with Crippen molar-refractivity contribution in [3.05, 3.63) is 57.8 Å². The van der Waals surface area contributed by atoms with Gasteiger partial charge in [0.15, 0.2) is 0 Å². The van der Waals surface area contributed by atoms with Gasteiger partial charge in [0, 0.05) is 18.2 Å². The number of rotatable bonds is 6. The molecular weight excluding hydrogens is 399 g/mol. The number of likely N-dealkylation sites (tertiary alicyclic amines) is 1. The summed E-state index contributed by atoms with van der Waals surface area (Å²) in [4.78, 5) is 29.8. The summed E-state index contributed by atoms with van der Waals surface area (Å²) in [5.41, 5.74) is 7.51. The molecule has 0 bridgehead atoms. The molecular formula is C20H22Cl2N4O2. The molecule has 6 nitrogen and oxygen atoms in total. The van der Waals surface area contributed by atoms with Crippen molar-refractivity contribution in [1.82, 2.24) is 9.88 Å². The third-order valence-corrected chi connectivity index (χ3v) is 5.48. The van der Waals surface area contributed by atoms with Gasteiger partial charge in [-0.2, -0.15) is 0 Å². The maximum absolute atomic E-state index is 12.3. The summed E-state index contributed by atoms with van der Waals surface area (Å²) >= 11 is 11.7. The summed E-state index contributed by atoms with van der Waals surface area (Å²) in [5, 5.41) is 3.12. The van der Waals surface area contributed by atoms with E-state index in [4.69, 9.17) is 28.9 Å². The number of primary amides is 1. The van der Waals surface area contributed by atoms with E-state index in [1.54, 1.807) is 6.07 Å². The second-order valence-corrected chi connectivity index (χ2v) is 7.64. The third-order valence-electron chi connectivity index (χ3n) is 4.98. The fraction of sp³-hybridized carbons (Fsp3) is 0.350. The Labute approximate surface area is 174 Å². The number of carbonyl (C=O) groups is 2. The number of benzene rings is 1. The average molecular weight is 421 g/mol. The zero-order valence-corrected chi connectivity index (χ0v) is 16.8. The van der Waals surface area contributed by atoms with Crippen LogP contribution in [0.5, 0.6) is 0 Å². The minimum atomic E-state index is -0.334. The van der Waals surface area contributed by atoms with Gasteiger partial charge in [-0.25, -0.2) is 4.98 Å². The number of piperidine rings is 1. The molecule has 1 aromatic carbocycles. The molecule has 1 fully saturated rings. The van der Waals surface area contributed by atoms with Crippen LogP contribution in [-0.4, -0.2) is 41.3 Å². The Kier molecular flexibility index (Phi) is 6.88. The van der Waals surface area contributed by atoms with E-state index >= 15 is 0 Å². The highest BCUT2D eigenvalue weighted by Crippen LogP contribution is 2.20. The number of hydrogen-bond acceptors (Lipinski definition) is 4. The van der Waals surface area contributed by atoms with Crippen LogP contribution in [0.15, 0.2) is 36.4 Å². The first kappa shape index (κ1) is 20.6. The highest BCUT2D eigenvalue weighted by atomic mass is 35.5. The Balaban J connectivity index is 1.50. The lowest BCUT2D eigenvalue weighted by Crippen LogP contribution is -2.39. The third kappa shape index (κ3) is 5.44. The molecule has 1 aromatic heterocycles. The van der Waals surface area contributed by atoms with Crippen molar-refractivity contribution in [3.8, 4) is 0 Å². The van der Waals surface area contributed by atoms with Crippen LogP contribution < -0.4 is 11.1 Å². The fourth-order valence-electron chi connectivity index (χ4n) is 3.26. The van der Waals surface area contributed by atoms with Gasteiger partial charge in [0.2, 0.25) is 5.91 Å². The molecule has 0 aliphatic carbocycles. The molecule has 1 aliphatic heterocycles. The van der Waals surface area contributed by atoms with E-state index < -0.39 is 0 Å². The maximum Gasteiger partial charge on any atom is 0.258 e. The van der Waals surface area contributed by atoms with Crippen molar-refractivity contribution < 1.29 is 9.59 Å². The number of nitrogens with one attached hydrogen (secondary N) is 1. The van der Waals surface area contributed by atoms with Crippen LogP contribution in [0.1, 0.15) is 28.8 Å². The normalized spacial score (nSPS) is 15.4. The Hall–Kier alpha value is -2.15. The smallest absolute Gasteiger partial charge is 0.258 e. The molecule has 2 amide bonds. The molecule has 3 rings (SSSR count). The number of pyridine rings is 1. The molecule has 8 heteroatoms. The molecule has 1 saturated heterocycles. The first-order valence-corrected chi connectivity index (χ1v) is 9.92. The molecule has 0 unspecified atom stereocenters. The Morgan fingerprint density at radius 3 is 2.39 bits per heavy atom. The predicted molar refractivity (Wildman–Crippen MR) is 111 cm³/mol. The van der Waals surface area contributed by atoms with Gasteiger partial charge >= 0.3 is 0 Å². The summed E-state index contributed by atoms with van der Waals surface area (Å²) < 4.78 is 0. The molecule has 1 aliphatic rings. The summed E-state index contributed by atoms with van der Waals surface area (Å²) in [6.07, 6.45) is 2.58. The Morgan fingerprint density at radius 1 is 1.11 bits per heavy atom. The number of anilines is 1. The summed E-state index contributed by atoms with van der Waals surface area (Å²) in [6, 6.07) is 10.8.